The van der Waals surface area contributed by atoms with Gasteiger partial charge in [-0.15, -0.1) is 0 Å². The average molecular weight is 320 g/mol. The number of carbonyl (C=O) groups is 1. The van der Waals surface area contributed by atoms with Crippen molar-refractivity contribution in [1.29, 1.82) is 0 Å². The Morgan fingerprint density at radius 3 is 2.91 bits per heavy atom. The lowest BCUT2D eigenvalue weighted by atomic mass is 10.2. The van der Waals surface area contributed by atoms with Gasteiger partial charge in [-0.3, -0.25) is 10.4 Å². The van der Waals surface area contributed by atoms with E-state index in [4.69, 9.17) is 11.6 Å². The fourth-order valence-electron chi connectivity index (χ4n) is 2.22. The molecular formula is C13H14ClN7O. The predicted molar refractivity (Wildman–Crippen MR) is 84.2 cm³/mol. The second-order valence-electron chi connectivity index (χ2n) is 4.91. The molecule has 3 aromatic heterocycles. The molecule has 0 aliphatic heterocycles. The van der Waals surface area contributed by atoms with Crippen molar-refractivity contribution in [1.82, 2.24) is 25.0 Å². The maximum absolute atomic E-state index is 12.1. The summed E-state index contributed by atoms with van der Waals surface area (Å²) < 4.78 is 1.65. The standard InChI is InChI=1S/C13H14ClN7O/c1-6-5-15-9(14)4-8(6)16-13(22)17-11-10-7(2)20-21(3)12(10)19-18-11/h4-5H,1-3H3,(H3,15,16,17,18,19,22). The Balaban J connectivity index is 1.83. The molecule has 0 aliphatic rings. The first-order valence-corrected chi connectivity index (χ1v) is 6.91. The lowest BCUT2D eigenvalue weighted by Gasteiger charge is -2.08. The normalized spacial score (nSPS) is 10.9. The highest BCUT2D eigenvalue weighted by atomic mass is 35.5. The lowest BCUT2D eigenvalue weighted by Crippen LogP contribution is -2.20. The highest BCUT2D eigenvalue weighted by molar-refractivity contribution is 6.29. The van der Waals surface area contributed by atoms with Gasteiger partial charge in [0.25, 0.3) is 0 Å². The molecule has 0 unspecified atom stereocenters. The van der Waals surface area contributed by atoms with E-state index in [1.165, 1.54) is 0 Å². The van der Waals surface area contributed by atoms with Crippen LogP contribution in [-0.2, 0) is 7.05 Å². The lowest BCUT2D eigenvalue weighted by molar-refractivity contribution is 0.262. The third kappa shape index (κ3) is 2.48. The van der Waals surface area contributed by atoms with Gasteiger partial charge >= 0.3 is 6.03 Å². The Labute approximate surface area is 130 Å². The molecular weight excluding hydrogens is 306 g/mol. The van der Waals surface area contributed by atoms with Crippen molar-refractivity contribution in [3.05, 3.63) is 28.7 Å². The molecule has 0 spiro atoms. The minimum absolute atomic E-state index is 0.313. The number of anilines is 2. The van der Waals surface area contributed by atoms with Gasteiger partial charge in [0.05, 0.1) is 11.1 Å². The van der Waals surface area contributed by atoms with Crippen LogP contribution in [0, 0.1) is 13.8 Å². The molecule has 114 valence electrons. The Morgan fingerprint density at radius 2 is 2.14 bits per heavy atom. The van der Waals surface area contributed by atoms with E-state index in [1.54, 1.807) is 24.0 Å². The summed E-state index contributed by atoms with van der Waals surface area (Å²) >= 11 is 5.83. The van der Waals surface area contributed by atoms with E-state index >= 15 is 0 Å². The molecule has 9 heteroatoms. The van der Waals surface area contributed by atoms with Crippen molar-refractivity contribution in [2.45, 2.75) is 13.8 Å². The number of halogens is 1. The number of rotatable bonds is 2. The monoisotopic (exact) mass is 319 g/mol. The molecule has 0 saturated carbocycles. The van der Waals surface area contributed by atoms with Crippen LogP contribution < -0.4 is 10.6 Å². The molecule has 3 heterocycles. The maximum atomic E-state index is 12.1. The number of urea groups is 1. The van der Waals surface area contributed by atoms with Crippen LogP contribution in [0.2, 0.25) is 5.15 Å². The number of nitrogens with zero attached hydrogens (tertiary/aromatic N) is 4. The van der Waals surface area contributed by atoms with Gasteiger partial charge in [0, 0.05) is 18.9 Å². The molecule has 0 aromatic carbocycles. The van der Waals surface area contributed by atoms with Crippen LogP contribution in [0.3, 0.4) is 0 Å². The predicted octanol–water partition coefficient (Wildman–Crippen LogP) is 2.61. The van der Waals surface area contributed by atoms with Crippen LogP contribution in [0.4, 0.5) is 16.3 Å². The molecule has 22 heavy (non-hydrogen) atoms. The summed E-state index contributed by atoms with van der Waals surface area (Å²) in [5.41, 5.74) is 2.86. The third-order valence-electron chi connectivity index (χ3n) is 3.27. The van der Waals surface area contributed by atoms with Gasteiger partial charge in [0.1, 0.15) is 11.0 Å². The van der Waals surface area contributed by atoms with Gasteiger partial charge in [-0.2, -0.15) is 10.2 Å². The number of hydrogen-bond acceptors (Lipinski definition) is 4. The number of aromatic amines is 1. The molecule has 0 bridgehead atoms. The number of carbonyl (C=O) groups excluding carboxylic acids is 1. The summed E-state index contributed by atoms with van der Waals surface area (Å²) in [6, 6.07) is 1.19. The van der Waals surface area contributed by atoms with E-state index < -0.39 is 6.03 Å². The molecule has 8 nitrogen and oxygen atoms in total. The van der Waals surface area contributed by atoms with Gasteiger partial charge < -0.3 is 5.32 Å². The SMILES string of the molecule is Cc1cnc(Cl)cc1NC(=O)Nc1[nH]nc2c1c(C)nn2C. The van der Waals surface area contributed by atoms with Crippen LogP contribution in [0.15, 0.2) is 12.3 Å². The number of aromatic nitrogens is 5. The van der Waals surface area contributed by atoms with E-state index in [1.807, 2.05) is 13.8 Å². The van der Waals surface area contributed by atoms with Crippen molar-refractivity contribution in [2.24, 2.45) is 7.05 Å². The number of amides is 2. The summed E-state index contributed by atoms with van der Waals surface area (Å²) in [5.74, 6) is 0.496. The molecule has 3 aromatic rings. The van der Waals surface area contributed by atoms with Crippen LogP contribution in [0.5, 0.6) is 0 Å². The molecule has 0 aliphatic carbocycles. The zero-order valence-corrected chi connectivity index (χ0v) is 13.0. The van der Waals surface area contributed by atoms with E-state index in [9.17, 15) is 4.79 Å². The molecule has 0 saturated heterocycles. The molecule has 0 radical (unpaired) electrons. The van der Waals surface area contributed by atoms with Crippen molar-refractivity contribution in [3.63, 3.8) is 0 Å². The highest BCUT2D eigenvalue weighted by Gasteiger charge is 2.16. The van der Waals surface area contributed by atoms with Crippen molar-refractivity contribution < 1.29 is 4.79 Å². The van der Waals surface area contributed by atoms with E-state index in [-0.39, 0.29) is 0 Å². The first-order valence-electron chi connectivity index (χ1n) is 6.53. The van der Waals surface area contributed by atoms with Crippen molar-refractivity contribution >= 4 is 40.2 Å². The maximum Gasteiger partial charge on any atom is 0.324 e. The molecule has 2 amide bonds. The third-order valence-corrected chi connectivity index (χ3v) is 3.48. The number of aryl methyl sites for hydroxylation is 3. The summed E-state index contributed by atoms with van der Waals surface area (Å²) in [6.45, 7) is 3.69. The van der Waals surface area contributed by atoms with E-state index in [0.717, 1.165) is 16.6 Å². The second-order valence-corrected chi connectivity index (χ2v) is 5.29. The van der Waals surface area contributed by atoms with Gasteiger partial charge in [-0.05, 0) is 25.5 Å². The van der Waals surface area contributed by atoms with Gasteiger partial charge in [0.2, 0.25) is 0 Å². The minimum atomic E-state index is -0.404. The van der Waals surface area contributed by atoms with Gasteiger partial charge in [0.15, 0.2) is 5.65 Å². The largest absolute Gasteiger partial charge is 0.324 e. The Kier molecular flexibility index (Phi) is 3.45. The summed E-state index contributed by atoms with van der Waals surface area (Å²) in [6.07, 6.45) is 1.59. The van der Waals surface area contributed by atoms with Crippen molar-refractivity contribution in [3.8, 4) is 0 Å². The number of hydrogen-bond donors (Lipinski definition) is 3. The number of nitrogens with one attached hydrogen (secondary N) is 3. The molecule has 0 fully saturated rings. The van der Waals surface area contributed by atoms with Crippen molar-refractivity contribution in [2.75, 3.05) is 10.6 Å². The first kappa shape index (κ1) is 14.3. The van der Waals surface area contributed by atoms with Crippen LogP contribution in [-0.4, -0.2) is 31.0 Å². The fraction of sp³-hybridized carbons (Fsp3) is 0.231. The van der Waals surface area contributed by atoms with E-state index in [0.29, 0.717) is 22.3 Å². The molecule has 3 N–H and O–H groups in total. The second kappa shape index (κ2) is 5.30. The Bertz CT molecular complexity index is 867. The zero-order valence-electron chi connectivity index (χ0n) is 12.2. The smallest absolute Gasteiger partial charge is 0.307 e. The zero-order chi connectivity index (χ0) is 15.9. The van der Waals surface area contributed by atoms with Gasteiger partial charge in [-0.1, -0.05) is 11.6 Å². The van der Waals surface area contributed by atoms with E-state index in [2.05, 4.69) is 30.9 Å². The number of H-pyrrole nitrogens is 1. The van der Waals surface area contributed by atoms with Crippen LogP contribution in [0.1, 0.15) is 11.3 Å². The minimum Gasteiger partial charge on any atom is -0.307 e. The van der Waals surface area contributed by atoms with Crippen LogP contribution in [0.25, 0.3) is 11.0 Å². The molecule has 0 atom stereocenters. The average Bonchev–Trinajstić information content (AvgIpc) is 2.97. The number of pyridine rings is 1. The fourth-order valence-corrected chi connectivity index (χ4v) is 2.38. The topological polar surface area (TPSA) is 101 Å². The quantitative estimate of drug-likeness (QED) is 0.632. The summed E-state index contributed by atoms with van der Waals surface area (Å²) in [5, 5.41) is 17.7. The number of fused-ring (bicyclic) bond motifs is 1. The van der Waals surface area contributed by atoms with Crippen LogP contribution >= 0.6 is 11.6 Å². The highest BCUT2D eigenvalue weighted by Crippen LogP contribution is 2.24. The summed E-state index contributed by atoms with van der Waals surface area (Å²) in [7, 11) is 1.79. The first-order chi connectivity index (χ1) is 10.5. The Morgan fingerprint density at radius 1 is 1.36 bits per heavy atom. The Hall–Kier alpha value is -2.61. The summed E-state index contributed by atoms with van der Waals surface area (Å²) in [4.78, 5) is 16.1. The molecule has 3 rings (SSSR count). The van der Waals surface area contributed by atoms with Gasteiger partial charge in [-0.25, -0.2) is 14.5 Å².